The van der Waals surface area contributed by atoms with Gasteiger partial charge >= 0.3 is 5.91 Å². The molecule has 45 heavy (non-hydrogen) atoms. The fourth-order valence-corrected chi connectivity index (χ4v) is 6.31. The number of nitrogens with one attached hydrogen (secondary N) is 1. The van der Waals surface area contributed by atoms with Crippen molar-refractivity contribution in [3.8, 4) is 0 Å². The Hall–Kier alpha value is -5.91. The fourth-order valence-electron chi connectivity index (χ4n) is 6.31. The molecular formula is C33H26N4O8. The van der Waals surface area contributed by atoms with Crippen LogP contribution in [-0.4, -0.2) is 49.9 Å². The largest absolute Gasteiger partial charge is 0.507 e. The van der Waals surface area contributed by atoms with Crippen LogP contribution in [0.1, 0.15) is 42.6 Å². The number of nitro benzene ring substituents is 1. The highest BCUT2D eigenvalue weighted by atomic mass is 16.6. The van der Waals surface area contributed by atoms with E-state index in [-0.39, 0.29) is 46.6 Å². The molecule has 3 aromatic rings. The fraction of sp³-hybridized carbons (Fsp3) is 0.182. The maximum atomic E-state index is 14.9. The normalized spacial score (nSPS) is 21.8. The minimum absolute atomic E-state index is 0.0434. The number of hydrogen-bond donors (Lipinski definition) is 2. The smallest absolute Gasteiger partial charge is 0.300 e. The zero-order valence-electron chi connectivity index (χ0n) is 24.1. The molecule has 1 unspecified atom stereocenters. The van der Waals surface area contributed by atoms with Crippen molar-refractivity contribution in [3.63, 3.8) is 0 Å². The van der Waals surface area contributed by atoms with E-state index >= 15 is 0 Å². The van der Waals surface area contributed by atoms with Crippen LogP contribution in [0.5, 0.6) is 0 Å². The van der Waals surface area contributed by atoms with Gasteiger partial charge in [0.2, 0.25) is 0 Å². The summed E-state index contributed by atoms with van der Waals surface area (Å²) in [6.45, 7) is 3.59. The van der Waals surface area contributed by atoms with E-state index in [1.807, 2.05) is 0 Å². The summed E-state index contributed by atoms with van der Waals surface area (Å²) >= 11 is 0. The lowest BCUT2D eigenvalue weighted by molar-refractivity contribution is -0.384. The van der Waals surface area contributed by atoms with Gasteiger partial charge in [0.1, 0.15) is 5.76 Å². The van der Waals surface area contributed by atoms with Gasteiger partial charge in [-0.25, -0.2) is 5.01 Å². The molecule has 226 valence electrons. The molecule has 2 heterocycles. The number of carbonyl (C=O) groups is 5. The molecule has 1 aliphatic carbocycles. The van der Waals surface area contributed by atoms with E-state index in [2.05, 4.69) is 5.43 Å². The second kappa shape index (κ2) is 10.4. The van der Waals surface area contributed by atoms with Gasteiger partial charge in [0.25, 0.3) is 23.3 Å². The van der Waals surface area contributed by atoms with E-state index in [0.717, 1.165) is 16.0 Å². The number of rotatable bonds is 5. The lowest BCUT2D eigenvalue weighted by Gasteiger charge is -2.37. The van der Waals surface area contributed by atoms with E-state index < -0.39 is 56.5 Å². The average Bonchev–Trinajstić information content (AvgIpc) is 3.38. The molecule has 2 aliphatic heterocycles. The van der Waals surface area contributed by atoms with Crippen molar-refractivity contribution in [2.45, 2.75) is 32.2 Å². The van der Waals surface area contributed by atoms with Gasteiger partial charge in [-0.1, -0.05) is 68.4 Å². The predicted molar refractivity (Wildman–Crippen MR) is 160 cm³/mol. The molecule has 12 nitrogen and oxygen atoms in total. The number of fused-ring (bicyclic) bond motifs is 1. The second-order valence-electron chi connectivity index (χ2n) is 11.8. The molecule has 12 heteroatoms. The van der Waals surface area contributed by atoms with E-state index in [1.165, 1.54) is 42.5 Å². The molecule has 1 atom stereocenters. The van der Waals surface area contributed by atoms with Crippen LogP contribution >= 0.6 is 0 Å². The minimum atomic E-state index is -2.46. The first kappa shape index (κ1) is 29.2. The van der Waals surface area contributed by atoms with Crippen LogP contribution in [0.3, 0.4) is 0 Å². The van der Waals surface area contributed by atoms with Crippen LogP contribution in [0, 0.1) is 15.5 Å². The van der Waals surface area contributed by atoms with Crippen molar-refractivity contribution in [2.24, 2.45) is 5.41 Å². The summed E-state index contributed by atoms with van der Waals surface area (Å²) in [5.74, 6) is -5.52. The third-order valence-corrected chi connectivity index (χ3v) is 8.15. The van der Waals surface area contributed by atoms with Gasteiger partial charge in [0.15, 0.2) is 11.3 Å². The van der Waals surface area contributed by atoms with Crippen molar-refractivity contribution < 1.29 is 34.0 Å². The number of hydrazine groups is 1. The Kier molecular flexibility index (Phi) is 6.72. The molecule has 3 aliphatic rings. The number of Topliss-reactive ketones (excluding diaryl/α,β-unsaturated/α-hetero) is 2. The SMILES string of the molecule is CC1(C)CC(=O)C2=C(C1)N(NC(=O)c1cccc([N+](=O)[O-])c1)C(=O)C21/C(=C(\O)c2ccccc2)C(=O)C(=O)N1c1ccccc1. The molecule has 0 aromatic heterocycles. The van der Waals surface area contributed by atoms with Gasteiger partial charge in [-0.05, 0) is 30.0 Å². The Morgan fingerprint density at radius 2 is 1.51 bits per heavy atom. The Bertz CT molecular complexity index is 1900. The van der Waals surface area contributed by atoms with Gasteiger partial charge in [0, 0.05) is 35.4 Å². The van der Waals surface area contributed by atoms with Crippen molar-refractivity contribution in [1.82, 2.24) is 10.4 Å². The first-order valence-electron chi connectivity index (χ1n) is 14.0. The molecule has 1 fully saturated rings. The zero-order chi connectivity index (χ0) is 32.3. The number of amides is 3. The molecule has 2 N–H and O–H groups in total. The zero-order valence-corrected chi connectivity index (χ0v) is 24.1. The van der Waals surface area contributed by atoms with E-state index in [0.29, 0.717) is 0 Å². The van der Waals surface area contributed by atoms with Crippen LogP contribution in [0.2, 0.25) is 0 Å². The number of nitrogens with zero attached hydrogens (tertiary/aromatic N) is 3. The van der Waals surface area contributed by atoms with Gasteiger partial charge in [-0.15, -0.1) is 0 Å². The van der Waals surface area contributed by atoms with E-state index in [4.69, 9.17) is 0 Å². The third kappa shape index (κ3) is 4.41. The summed E-state index contributed by atoms with van der Waals surface area (Å²) in [5.41, 5.74) is -1.75. The number of hydrogen-bond acceptors (Lipinski definition) is 8. The Morgan fingerprint density at radius 1 is 0.889 bits per heavy atom. The second-order valence-corrected chi connectivity index (χ2v) is 11.8. The molecular weight excluding hydrogens is 580 g/mol. The number of anilines is 1. The van der Waals surface area contributed by atoms with Crippen molar-refractivity contribution in [1.29, 1.82) is 0 Å². The summed E-state index contributed by atoms with van der Waals surface area (Å²) in [6.07, 6.45) is 0.0130. The molecule has 0 saturated carbocycles. The summed E-state index contributed by atoms with van der Waals surface area (Å²) in [4.78, 5) is 82.0. The molecule has 6 rings (SSSR count). The summed E-state index contributed by atoms with van der Waals surface area (Å²) in [7, 11) is 0. The highest BCUT2D eigenvalue weighted by molar-refractivity contribution is 6.56. The van der Waals surface area contributed by atoms with Crippen molar-refractivity contribution >= 4 is 46.4 Å². The Morgan fingerprint density at radius 3 is 2.16 bits per heavy atom. The highest BCUT2D eigenvalue weighted by Gasteiger charge is 2.71. The van der Waals surface area contributed by atoms with E-state index in [1.54, 1.807) is 50.2 Å². The third-order valence-electron chi connectivity index (χ3n) is 8.15. The number of aliphatic hydroxyl groups excluding tert-OH is 1. The number of aliphatic hydroxyl groups is 1. The van der Waals surface area contributed by atoms with Gasteiger partial charge in [-0.3, -0.25) is 44.4 Å². The predicted octanol–water partition coefficient (Wildman–Crippen LogP) is 4.05. The number of carbonyl (C=O) groups excluding carboxylic acids is 5. The van der Waals surface area contributed by atoms with Crippen LogP contribution in [0.15, 0.2) is 102 Å². The number of para-hydroxylation sites is 1. The minimum Gasteiger partial charge on any atom is -0.507 e. The maximum absolute atomic E-state index is 14.9. The lowest BCUT2D eigenvalue weighted by atomic mass is 9.70. The van der Waals surface area contributed by atoms with Crippen molar-refractivity contribution in [3.05, 3.63) is 123 Å². The standard InChI is InChI=1S/C33H26N4O8/c1-32(2)17-23-25(24(38)18-32)33(31(43)36(23)34-29(41)20-12-9-15-22(16-20)37(44)45)26(27(39)19-10-5-3-6-11-19)28(40)30(42)35(33)21-13-7-4-8-14-21/h3-16,39H,17-18H2,1-2H3,(H,34,41)/b27-26-. The molecule has 1 saturated heterocycles. The topological polar surface area (TPSA) is 167 Å². The van der Waals surface area contributed by atoms with Crippen LogP contribution in [-0.2, 0) is 19.2 Å². The Balaban J connectivity index is 1.63. The van der Waals surface area contributed by atoms with Crippen LogP contribution < -0.4 is 10.3 Å². The molecule has 0 radical (unpaired) electrons. The van der Waals surface area contributed by atoms with Gasteiger partial charge in [-0.2, -0.15) is 0 Å². The van der Waals surface area contributed by atoms with Crippen LogP contribution in [0.25, 0.3) is 5.76 Å². The molecule has 3 amide bonds. The molecule has 3 aromatic carbocycles. The molecule has 1 spiro atoms. The number of non-ortho nitro benzene ring substituents is 1. The lowest BCUT2D eigenvalue weighted by Crippen LogP contribution is -2.58. The summed E-state index contributed by atoms with van der Waals surface area (Å²) < 4.78 is 0. The van der Waals surface area contributed by atoms with Crippen molar-refractivity contribution in [2.75, 3.05) is 4.90 Å². The quantitative estimate of drug-likeness (QED) is 0.144. The highest BCUT2D eigenvalue weighted by Crippen LogP contribution is 2.55. The number of benzene rings is 3. The monoisotopic (exact) mass is 606 g/mol. The van der Waals surface area contributed by atoms with Gasteiger partial charge in [0.05, 0.1) is 21.8 Å². The number of nitro groups is 1. The first-order chi connectivity index (χ1) is 21.4. The average molecular weight is 607 g/mol. The number of ketones is 2. The Labute approximate surface area is 256 Å². The maximum Gasteiger partial charge on any atom is 0.300 e. The van der Waals surface area contributed by atoms with E-state index in [9.17, 15) is 39.2 Å². The number of allylic oxidation sites excluding steroid dienone is 1. The van der Waals surface area contributed by atoms with Crippen LogP contribution in [0.4, 0.5) is 11.4 Å². The summed E-state index contributed by atoms with van der Waals surface area (Å²) in [6, 6.07) is 20.5. The van der Waals surface area contributed by atoms with Gasteiger partial charge < -0.3 is 5.11 Å². The summed E-state index contributed by atoms with van der Waals surface area (Å²) in [5, 5.41) is 23.8. The molecule has 0 bridgehead atoms. The first-order valence-corrected chi connectivity index (χ1v) is 14.0.